The van der Waals surface area contributed by atoms with Crippen LogP contribution in [0.4, 0.5) is 24.5 Å². The van der Waals surface area contributed by atoms with Crippen LogP contribution in [-0.2, 0) is 19.0 Å². The van der Waals surface area contributed by atoms with Gasteiger partial charge < -0.3 is 11.5 Å². The summed E-state index contributed by atoms with van der Waals surface area (Å²) >= 11 is 0. The Kier molecular flexibility index (Phi) is 4.48. The van der Waals surface area contributed by atoms with Crippen molar-refractivity contribution in [3.05, 3.63) is 22.8 Å². The number of halogens is 3. The van der Waals surface area contributed by atoms with E-state index in [0.717, 1.165) is 12.5 Å². The van der Waals surface area contributed by atoms with Crippen molar-refractivity contribution in [2.45, 2.75) is 45.7 Å². The van der Waals surface area contributed by atoms with Gasteiger partial charge in [-0.15, -0.1) is 0 Å². The van der Waals surface area contributed by atoms with Gasteiger partial charge in [-0.3, -0.25) is 0 Å². The van der Waals surface area contributed by atoms with Crippen LogP contribution in [0.25, 0.3) is 0 Å². The first-order valence-electron chi connectivity index (χ1n) is 6.09. The molecular weight excluding hydrogens is 241 g/mol. The van der Waals surface area contributed by atoms with E-state index in [1.165, 1.54) is 0 Å². The average molecular weight is 260 g/mol. The van der Waals surface area contributed by atoms with E-state index in [1.54, 1.807) is 0 Å². The molecule has 2 nitrogen and oxygen atoms in total. The number of anilines is 2. The third-order valence-corrected chi connectivity index (χ3v) is 2.93. The van der Waals surface area contributed by atoms with E-state index in [2.05, 4.69) is 0 Å². The summed E-state index contributed by atoms with van der Waals surface area (Å²) in [6.07, 6.45) is -2.07. The zero-order chi connectivity index (χ0) is 13.9. The molecule has 0 aliphatic heterocycles. The highest BCUT2D eigenvalue weighted by Crippen LogP contribution is 2.39. The SMILES string of the molecule is CCCc1c(N)cc(C(F)(F)F)c(CCC)c1N. The molecule has 0 fully saturated rings. The van der Waals surface area contributed by atoms with Gasteiger partial charge in [0.1, 0.15) is 0 Å². The molecule has 1 rings (SSSR count). The van der Waals surface area contributed by atoms with Crippen LogP contribution in [0.1, 0.15) is 43.4 Å². The Morgan fingerprint density at radius 3 is 1.94 bits per heavy atom. The molecule has 0 saturated heterocycles. The van der Waals surface area contributed by atoms with E-state index >= 15 is 0 Å². The number of rotatable bonds is 4. The Bertz CT molecular complexity index is 425. The Morgan fingerprint density at radius 2 is 1.50 bits per heavy atom. The van der Waals surface area contributed by atoms with Gasteiger partial charge in [0.15, 0.2) is 0 Å². The van der Waals surface area contributed by atoms with E-state index < -0.39 is 11.7 Å². The highest BCUT2D eigenvalue weighted by atomic mass is 19.4. The molecule has 0 spiro atoms. The van der Waals surface area contributed by atoms with Gasteiger partial charge in [-0.25, -0.2) is 0 Å². The largest absolute Gasteiger partial charge is 0.416 e. The van der Waals surface area contributed by atoms with E-state index in [9.17, 15) is 13.2 Å². The lowest BCUT2D eigenvalue weighted by molar-refractivity contribution is -0.138. The number of alkyl halides is 3. The van der Waals surface area contributed by atoms with Crippen molar-refractivity contribution in [3.8, 4) is 0 Å². The zero-order valence-corrected chi connectivity index (χ0v) is 10.7. The van der Waals surface area contributed by atoms with Gasteiger partial charge in [0, 0.05) is 11.4 Å². The number of hydrogen-bond donors (Lipinski definition) is 2. The van der Waals surface area contributed by atoms with Crippen LogP contribution in [0.5, 0.6) is 0 Å². The first-order valence-corrected chi connectivity index (χ1v) is 6.09. The lowest BCUT2D eigenvalue weighted by atomic mass is 9.93. The maximum atomic E-state index is 12.9. The number of nitrogens with two attached hydrogens (primary N) is 2. The van der Waals surface area contributed by atoms with E-state index in [0.29, 0.717) is 24.8 Å². The second kappa shape index (κ2) is 5.50. The normalized spacial score (nSPS) is 11.8. The van der Waals surface area contributed by atoms with Gasteiger partial charge in [-0.2, -0.15) is 13.2 Å². The second-order valence-electron chi connectivity index (χ2n) is 4.38. The second-order valence-corrected chi connectivity index (χ2v) is 4.38. The van der Waals surface area contributed by atoms with Crippen LogP contribution in [0.15, 0.2) is 6.07 Å². The summed E-state index contributed by atoms with van der Waals surface area (Å²) in [5, 5.41) is 0. The predicted molar refractivity (Wildman–Crippen MR) is 68.3 cm³/mol. The molecule has 0 heterocycles. The molecule has 4 N–H and O–H groups in total. The molecule has 0 unspecified atom stereocenters. The number of benzene rings is 1. The van der Waals surface area contributed by atoms with Gasteiger partial charge in [-0.1, -0.05) is 26.7 Å². The van der Waals surface area contributed by atoms with Crippen molar-refractivity contribution in [1.29, 1.82) is 0 Å². The number of hydrogen-bond acceptors (Lipinski definition) is 2. The maximum Gasteiger partial charge on any atom is 0.416 e. The Morgan fingerprint density at radius 1 is 1.00 bits per heavy atom. The first kappa shape index (κ1) is 14.7. The predicted octanol–water partition coefficient (Wildman–Crippen LogP) is 3.77. The average Bonchev–Trinajstić information content (AvgIpc) is 2.26. The van der Waals surface area contributed by atoms with Crippen molar-refractivity contribution in [1.82, 2.24) is 0 Å². The Balaban J connectivity index is 3.45. The highest BCUT2D eigenvalue weighted by molar-refractivity contribution is 5.68. The molecule has 5 heteroatoms. The highest BCUT2D eigenvalue weighted by Gasteiger charge is 2.35. The lowest BCUT2D eigenvalue weighted by Gasteiger charge is -2.19. The van der Waals surface area contributed by atoms with Gasteiger partial charge in [0.05, 0.1) is 5.56 Å². The zero-order valence-electron chi connectivity index (χ0n) is 10.7. The van der Waals surface area contributed by atoms with Crippen molar-refractivity contribution in [3.63, 3.8) is 0 Å². The van der Waals surface area contributed by atoms with Crippen LogP contribution in [0.2, 0.25) is 0 Å². The number of nitrogen functional groups attached to an aromatic ring is 2. The molecule has 0 amide bonds. The Hall–Kier alpha value is -1.39. The molecule has 0 saturated carbocycles. The van der Waals surface area contributed by atoms with Crippen LogP contribution >= 0.6 is 0 Å². The summed E-state index contributed by atoms with van der Waals surface area (Å²) in [5.74, 6) is 0. The molecule has 18 heavy (non-hydrogen) atoms. The fourth-order valence-corrected chi connectivity index (χ4v) is 2.11. The van der Waals surface area contributed by atoms with Crippen molar-refractivity contribution in [2.24, 2.45) is 0 Å². The third-order valence-electron chi connectivity index (χ3n) is 2.93. The monoisotopic (exact) mass is 260 g/mol. The van der Waals surface area contributed by atoms with Crippen LogP contribution < -0.4 is 11.5 Å². The topological polar surface area (TPSA) is 52.0 Å². The van der Waals surface area contributed by atoms with Crippen LogP contribution in [0, 0.1) is 0 Å². The van der Waals surface area contributed by atoms with Crippen molar-refractivity contribution >= 4 is 11.4 Å². The van der Waals surface area contributed by atoms with Crippen LogP contribution in [-0.4, -0.2) is 0 Å². The van der Waals surface area contributed by atoms with Crippen LogP contribution in [0.3, 0.4) is 0 Å². The standard InChI is InChI=1S/C13H19F3N2/c1-3-5-8-10(13(14,15)16)7-11(17)9(6-4-2)12(8)18/h7H,3-6,17-18H2,1-2H3. The van der Waals surface area contributed by atoms with Gasteiger partial charge >= 0.3 is 6.18 Å². The van der Waals surface area contributed by atoms with Crippen molar-refractivity contribution < 1.29 is 13.2 Å². The summed E-state index contributed by atoms with van der Waals surface area (Å²) in [4.78, 5) is 0. The summed E-state index contributed by atoms with van der Waals surface area (Å²) in [6.45, 7) is 3.77. The molecule has 0 aliphatic rings. The van der Waals surface area contributed by atoms with Gasteiger partial charge in [0.25, 0.3) is 0 Å². The molecule has 1 aromatic carbocycles. The molecule has 0 bridgehead atoms. The smallest absolute Gasteiger partial charge is 0.398 e. The molecule has 0 aromatic heterocycles. The van der Waals surface area contributed by atoms with Gasteiger partial charge in [-0.05, 0) is 30.0 Å². The quantitative estimate of drug-likeness (QED) is 0.809. The third kappa shape index (κ3) is 2.89. The minimum absolute atomic E-state index is 0.140. The molecule has 1 aromatic rings. The molecule has 0 radical (unpaired) electrons. The summed E-state index contributed by atoms with van der Waals surface area (Å²) in [5.41, 5.74) is 12.1. The van der Waals surface area contributed by atoms with Crippen molar-refractivity contribution in [2.75, 3.05) is 11.5 Å². The summed E-state index contributed by atoms with van der Waals surface area (Å²) < 4.78 is 38.8. The Labute approximate surface area is 105 Å². The van der Waals surface area contributed by atoms with E-state index in [4.69, 9.17) is 11.5 Å². The lowest BCUT2D eigenvalue weighted by Crippen LogP contribution is -2.14. The molecule has 102 valence electrons. The summed E-state index contributed by atoms with van der Waals surface area (Å²) in [7, 11) is 0. The minimum atomic E-state index is -4.41. The fourth-order valence-electron chi connectivity index (χ4n) is 2.11. The first-order chi connectivity index (χ1) is 8.32. The molecular formula is C13H19F3N2. The molecule has 0 atom stereocenters. The van der Waals surface area contributed by atoms with E-state index in [-0.39, 0.29) is 16.9 Å². The van der Waals surface area contributed by atoms with E-state index in [1.807, 2.05) is 13.8 Å². The molecule has 0 aliphatic carbocycles. The van der Waals surface area contributed by atoms with Gasteiger partial charge in [0.2, 0.25) is 0 Å². The maximum absolute atomic E-state index is 12.9. The minimum Gasteiger partial charge on any atom is -0.398 e. The summed E-state index contributed by atoms with van der Waals surface area (Å²) in [6, 6.07) is 1.02. The fraction of sp³-hybridized carbons (Fsp3) is 0.538.